The Hall–Kier alpha value is -3.06. The Bertz CT molecular complexity index is 1130. The standard InChI is InChI=1S/C21H17ClF2N4O/c1-3-29-10-9-13-7-8-16-19(20(13)22)21(18-14(23)5-4-6-15(18)24)25-11-17-27-26-12(2)28(16)17/h4-10H,3,11H2,1-2H3. The normalized spacial score (nSPS) is 13.1. The van der Waals surface area contributed by atoms with Gasteiger partial charge in [0.2, 0.25) is 0 Å². The zero-order chi connectivity index (χ0) is 20.5. The van der Waals surface area contributed by atoms with Gasteiger partial charge in [0.1, 0.15) is 24.0 Å². The minimum Gasteiger partial charge on any atom is -0.501 e. The van der Waals surface area contributed by atoms with E-state index in [0.717, 1.165) is 0 Å². The summed E-state index contributed by atoms with van der Waals surface area (Å²) >= 11 is 6.73. The van der Waals surface area contributed by atoms with E-state index in [4.69, 9.17) is 16.3 Å². The van der Waals surface area contributed by atoms with E-state index in [9.17, 15) is 8.78 Å². The number of aryl methyl sites for hydroxylation is 1. The summed E-state index contributed by atoms with van der Waals surface area (Å²) in [6, 6.07) is 7.33. The molecule has 5 nitrogen and oxygen atoms in total. The Morgan fingerprint density at radius 1 is 1.14 bits per heavy atom. The summed E-state index contributed by atoms with van der Waals surface area (Å²) in [4.78, 5) is 4.48. The molecule has 2 heterocycles. The van der Waals surface area contributed by atoms with Gasteiger partial charge in [-0.05, 0) is 43.7 Å². The van der Waals surface area contributed by atoms with Gasteiger partial charge in [-0.25, -0.2) is 8.78 Å². The summed E-state index contributed by atoms with van der Waals surface area (Å²) in [7, 11) is 0. The quantitative estimate of drug-likeness (QED) is 0.572. The molecule has 0 fully saturated rings. The lowest BCUT2D eigenvalue weighted by Gasteiger charge is -2.16. The fraction of sp³-hybridized carbons (Fsp3) is 0.190. The number of hydrogen-bond donors (Lipinski definition) is 0. The Kier molecular flexibility index (Phi) is 5.15. The number of benzene rings is 2. The first-order valence-electron chi connectivity index (χ1n) is 9.04. The fourth-order valence-corrected chi connectivity index (χ4v) is 3.63. The summed E-state index contributed by atoms with van der Waals surface area (Å²) in [5, 5.41) is 8.55. The van der Waals surface area contributed by atoms with E-state index in [2.05, 4.69) is 15.2 Å². The largest absolute Gasteiger partial charge is 0.501 e. The van der Waals surface area contributed by atoms with E-state index in [0.29, 0.717) is 40.1 Å². The predicted octanol–water partition coefficient (Wildman–Crippen LogP) is 4.87. The van der Waals surface area contributed by atoms with Crippen LogP contribution in [0.1, 0.15) is 35.3 Å². The summed E-state index contributed by atoms with van der Waals surface area (Å²) in [5.41, 5.74) is 1.57. The molecule has 0 amide bonds. The van der Waals surface area contributed by atoms with Gasteiger partial charge in [0.05, 0.1) is 34.9 Å². The van der Waals surface area contributed by atoms with Gasteiger partial charge in [0.15, 0.2) is 5.82 Å². The summed E-state index contributed by atoms with van der Waals surface area (Å²) in [6.45, 7) is 4.28. The van der Waals surface area contributed by atoms with E-state index < -0.39 is 11.6 Å². The average molecular weight is 415 g/mol. The zero-order valence-electron chi connectivity index (χ0n) is 15.8. The van der Waals surface area contributed by atoms with Crippen molar-refractivity contribution in [3.63, 3.8) is 0 Å². The highest BCUT2D eigenvalue weighted by Crippen LogP contribution is 2.35. The molecule has 8 heteroatoms. The highest BCUT2D eigenvalue weighted by atomic mass is 35.5. The molecular formula is C21H17ClF2N4O. The molecule has 0 aliphatic carbocycles. The minimum atomic E-state index is -0.713. The van der Waals surface area contributed by atoms with Gasteiger partial charge in [0.25, 0.3) is 0 Å². The molecule has 0 bridgehead atoms. The third-order valence-corrected chi connectivity index (χ3v) is 5.02. The van der Waals surface area contributed by atoms with Crippen LogP contribution in [0.4, 0.5) is 8.78 Å². The van der Waals surface area contributed by atoms with E-state index in [1.165, 1.54) is 24.5 Å². The van der Waals surface area contributed by atoms with Crippen molar-refractivity contribution < 1.29 is 13.5 Å². The first-order chi connectivity index (χ1) is 14.0. The monoisotopic (exact) mass is 414 g/mol. The van der Waals surface area contributed by atoms with Crippen molar-refractivity contribution in [2.24, 2.45) is 4.99 Å². The molecule has 0 atom stereocenters. The molecule has 0 spiro atoms. The molecule has 2 aromatic carbocycles. The molecule has 0 radical (unpaired) electrons. The van der Waals surface area contributed by atoms with Crippen LogP contribution in [0.3, 0.4) is 0 Å². The van der Waals surface area contributed by atoms with E-state index >= 15 is 0 Å². The van der Waals surface area contributed by atoms with Gasteiger partial charge in [-0.3, -0.25) is 9.56 Å². The van der Waals surface area contributed by atoms with Crippen molar-refractivity contribution in [2.45, 2.75) is 20.4 Å². The summed E-state index contributed by atoms with van der Waals surface area (Å²) in [5.74, 6) is -0.240. The number of ether oxygens (including phenoxy) is 1. The van der Waals surface area contributed by atoms with Gasteiger partial charge in [-0.15, -0.1) is 10.2 Å². The van der Waals surface area contributed by atoms with Crippen LogP contribution in [0.2, 0.25) is 5.02 Å². The maximum atomic E-state index is 14.6. The minimum absolute atomic E-state index is 0.110. The molecule has 1 aromatic heterocycles. The van der Waals surface area contributed by atoms with Crippen molar-refractivity contribution in [1.29, 1.82) is 0 Å². The molecule has 0 saturated heterocycles. The number of aliphatic imine (C=N–C) groups is 1. The molecule has 3 aromatic rings. The molecule has 1 aliphatic heterocycles. The van der Waals surface area contributed by atoms with Gasteiger partial charge >= 0.3 is 0 Å². The lowest BCUT2D eigenvalue weighted by Crippen LogP contribution is -2.13. The summed E-state index contributed by atoms with van der Waals surface area (Å²) in [6.07, 6.45) is 3.23. The molecule has 0 saturated carbocycles. The predicted molar refractivity (Wildman–Crippen MR) is 107 cm³/mol. The first-order valence-corrected chi connectivity index (χ1v) is 9.41. The molecular weight excluding hydrogens is 398 g/mol. The molecule has 148 valence electrons. The maximum Gasteiger partial charge on any atom is 0.159 e. The topological polar surface area (TPSA) is 52.3 Å². The average Bonchev–Trinajstić information content (AvgIpc) is 2.97. The van der Waals surface area contributed by atoms with Crippen LogP contribution >= 0.6 is 11.6 Å². The molecule has 0 N–H and O–H groups in total. The number of hydrogen-bond acceptors (Lipinski definition) is 4. The van der Waals surface area contributed by atoms with Crippen molar-refractivity contribution in [2.75, 3.05) is 6.61 Å². The van der Waals surface area contributed by atoms with Crippen LogP contribution in [0, 0.1) is 18.6 Å². The van der Waals surface area contributed by atoms with Crippen LogP contribution in [0.25, 0.3) is 11.8 Å². The SMILES string of the molecule is CCOC=Cc1ccc2c(c1Cl)C(c1c(F)cccc1F)=NCc1nnc(C)n1-2. The second-order valence-electron chi connectivity index (χ2n) is 6.38. The van der Waals surface area contributed by atoms with Crippen LogP contribution in [0.15, 0.2) is 41.6 Å². The van der Waals surface area contributed by atoms with Crippen LogP contribution in [-0.4, -0.2) is 27.1 Å². The number of rotatable bonds is 4. The summed E-state index contributed by atoms with van der Waals surface area (Å²) < 4.78 is 36.3. The first kappa shape index (κ1) is 19.3. The number of nitrogens with zero attached hydrogens (tertiary/aromatic N) is 4. The third-order valence-electron chi connectivity index (χ3n) is 4.61. The van der Waals surface area contributed by atoms with E-state index in [-0.39, 0.29) is 17.8 Å². The second-order valence-corrected chi connectivity index (χ2v) is 6.76. The van der Waals surface area contributed by atoms with E-state index in [1.54, 1.807) is 23.6 Å². The fourth-order valence-electron chi connectivity index (χ4n) is 3.32. The molecule has 1 aliphatic rings. The lowest BCUT2D eigenvalue weighted by molar-refractivity contribution is 0.272. The number of fused-ring (bicyclic) bond motifs is 3. The Morgan fingerprint density at radius 2 is 1.90 bits per heavy atom. The van der Waals surface area contributed by atoms with Crippen LogP contribution in [-0.2, 0) is 11.3 Å². The van der Waals surface area contributed by atoms with E-state index in [1.807, 2.05) is 13.0 Å². The highest BCUT2D eigenvalue weighted by molar-refractivity contribution is 6.37. The van der Waals surface area contributed by atoms with Gasteiger partial charge in [-0.1, -0.05) is 23.7 Å². The number of halogens is 3. The van der Waals surface area contributed by atoms with Crippen molar-refractivity contribution >= 4 is 23.4 Å². The van der Waals surface area contributed by atoms with Gasteiger partial charge in [-0.2, -0.15) is 0 Å². The van der Waals surface area contributed by atoms with Crippen LogP contribution < -0.4 is 0 Å². The van der Waals surface area contributed by atoms with Crippen molar-refractivity contribution in [1.82, 2.24) is 14.8 Å². The van der Waals surface area contributed by atoms with Crippen molar-refractivity contribution in [3.8, 4) is 5.69 Å². The van der Waals surface area contributed by atoms with Crippen LogP contribution in [0.5, 0.6) is 0 Å². The van der Waals surface area contributed by atoms with Gasteiger partial charge in [0, 0.05) is 5.56 Å². The molecule has 0 unspecified atom stereocenters. The Morgan fingerprint density at radius 3 is 2.62 bits per heavy atom. The third kappa shape index (κ3) is 3.31. The Labute approximate surface area is 171 Å². The smallest absolute Gasteiger partial charge is 0.159 e. The molecule has 29 heavy (non-hydrogen) atoms. The van der Waals surface area contributed by atoms with Crippen molar-refractivity contribution in [3.05, 3.63) is 81.6 Å². The number of aromatic nitrogens is 3. The highest BCUT2D eigenvalue weighted by Gasteiger charge is 2.28. The Balaban J connectivity index is 2.02. The lowest BCUT2D eigenvalue weighted by atomic mass is 9.97. The zero-order valence-corrected chi connectivity index (χ0v) is 16.5. The molecule has 4 rings (SSSR count). The second kappa shape index (κ2) is 7.75. The maximum absolute atomic E-state index is 14.6. The van der Waals surface area contributed by atoms with Gasteiger partial charge < -0.3 is 4.74 Å².